The minimum Gasteiger partial charge on any atom is -0.181 e. The van der Waals surface area contributed by atoms with E-state index in [2.05, 4.69) is 15.7 Å². The molecule has 0 unspecified atom stereocenters. The summed E-state index contributed by atoms with van der Waals surface area (Å²) in [6.07, 6.45) is 2.79. The van der Waals surface area contributed by atoms with Crippen molar-refractivity contribution in [1.29, 1.82) is 0 Å². The van der Waals surface area contributed by atoms with E-state index in [1.165, 1.54) is 11.7 Å². The van der Waals surface area contributed by atoms with Gasteiger partial charge in [-0.1, -0.05) is 20.8 Å². The van der Waals surface area contributed by atoms with Crippen LogP contribution in [0, 0.1) is 0 Å². The number of hydrogen-bond donors (Lipinski definition) is 0. The Morgan fingerprint density at radius 1 is 1.56 bits per heavy atom. The van der Waals surface area contributed by atoms with Gasteiger partial charge in [-0.05, 0) is 6.42 Å². The Bertz CT molecular complexity index is 126. The normalized spacial score (nSPS) is 7.89. The molecule has 1 aromatic rings. The lowest BCUT2D eigenvalue weighted by atomic mass is 10.4. The number of rotatable bonds is 1. The molecular formula is C6H12N2S. The van der Waals surface area contributed by atoms with Crippen molar-refractivity contribution < 1.29 is 0 Å². The zero-order valence-corrected chi connectivity index (χ0v) is 6.90. The summed E-state index contributed by atoms with van der Waals surface area (Å²) < 4.78 is 7.79. The molecule has 0 aliphatic rings. The van der Waals surface area contributed by atoms with Gasteiger partial charge >= 0.3 is 0 Å². The van der Waals surface area contributed by atoms with Crippen LogP contribution in [0.25, 0.3) is 0 Å². The first kappa shape index (κ1) is 8.56. The maximum atomic E-state index is 3.97. The van der Waals surface area contributed by atoms with Crippen LogP contribution in [-0.4, -0.2) is 8.75 Å². The predicted octanol–water partition coefficient (Wildman–Crippen LogP) is 2.13. The molecule has 0 aromatic carbocycles. The molecule has 2 nitrogen and oxygen atoms in total. The van der Waals surface area contributed by atoms with E-state index in [1.54, 1.807) is 6.20 Å². The van der Waals surface area contributed by atoms with E-state index in [0.717, 1.165) is 12.1 Å². The second-order valence-electron chi connectivity index (χ2n) is 1.25. The second kappa shape index (κ2) is 5.69. The molecule has 1 rings (SSSR count). The fraction of sp³-hybridized carbons (Fsp3) is 0.667. The fourth-order valence-corrected chi connectivity index (χ4v) is 0.837. The molecule has 0 N–H and O–H groups in total. The van der Waals surface area contributed by atoms with Crippen molar-refractivity contribution in [3.63, 3.8) is 0 Å². The molecule has 0 saturated heterocycles. The van der Waals surface area contributed by atoms with Gasteiger partial charge in [0.05, 0.1) is 23.6 Å². The van der Waals surface area contributed by atoms with Crippen LogP contribution < -0.4 is 0 Å². The Balaban J connectivity index is 0.000000291. The summed E-state index contributed by atoms with van der Waals surface area (Å²) in [6, 6.07) is 0. The third-order valence-corrected chi connectivity index (χ3v) is 1.29. The van der Waals surface area contributed by atoms with Gasteiger partial charge in [-0.25, -0.2) is 0 Å². The van der Waals surface area contributed by atoms with Crippen molar-refractivity contribution in [1.82, 2.24) is 8.75 Å². The topological polar surface area (TPSA) is 25.8 Å². The Morgan fingerprint density at radius 2 is 2.22 bits per heavy atom. The molecule has 0 spiro atoms. The van der Waals surface area contributed by atoms with E-state index < -0.39 is 0 Å². The van der Waals surface area contributed by atoms with Gasteiger partial charge in [-0.2, -0.15) is 8.75 Å². The quantitative estimate of drug-likeness (QED) is 0.603. The third-order valence-electron chi connectivity index (χ3n) is 0.769. The van der Waals surface area contributed by atoms with E-state index in [0.29, 0.717) is 0 Å². The smallest absolute Gasteiger partial charge is 0.0740 e. The Labute approximate surface area is 60.3 Å². The second-order valence-corrected chi connectivity index (χ2v) is 1.81. The Hall–Kier alpha value is -0.440. The lowest BCUT2D eigenvalue weighted by Gasteiger charge is -1.74. The highest BCUT2D eigenvalue weighted by molar-refractivity contribution is 6.99. The fourth-order valence-electron chi connectivity index (χ4n) is 0.340. The predicted molar refractivity (Wildman–Crippen MR) is 40.6 cm³/mol. The van der Waals surface area contributed by atoms with Crippen molar-refractivity contribution in [2.24, 2.45) is 0 Å². The minimum atomic E-state index is 0.997. The molecule has 0 radical (unpaired) electrons. The molecule has 0 fully saturated rings. The molecule has 0 atom stereocenters. The number of nitrogens with zero attached hydrogens (tertiary/aromatic N) is 2. The van der Waals surface area contributed by atoms with Crippen LogP contribution in [-0.2, 0) is 6.42 Å². The van der Waals surface area contributed by atoms with Crippen molar-refractivity contribution in [2.45, 2.75) is 27.2 Å². The van der Waals surface area contributed by atoms with Gasteiger partial charge in [-0.3, -0.25) is 0 Å². The third kappa shape index (κ3) is 3.19. The zero-order valence-electron chi connectivity index (χ0n) is 6.09. The number of hydrogen-bond acceptors (Lipinski definition) is 3. The van der Waals surface area contributed by atoms with E-state index in [4.69, 9.17) is 0 Å². The first-order valence-electron chi connectivity index (χ1n) is 3.20. The Kier molecular flexibility index (Phi) is 5.41. The Morgan fingerprint density at radius 3 is 2.44 bits per heavy atom. The lowest BCUT2D eigenvalue weighted by molar-refractivity contribution is 1.08. The standard InChI is InChI=1S/C4H6N2S.C2H6/c1-2-4-3-5-7-6-4;1-2/h3H,2H2,1H3;1-2H3. The first-order valence-corrected chi connectivity index (χ1v) is 3.93. The van der Waals surface area contributed by atoms with Crippen molar-refractivity contribution in [3.05, 3.63) is 11.9 Å². The van der Waals surface area contributed by atoms with Crippen molar-refractivity contribution in [3.8, 4) is 0 Å². The summed E-state index contributed by atoms with van der Waals surface area (Å²) in [5.41, 5.74) is 1.09. The largest absolute Gasteiger partial charge is 0.181 e. The molecule has 0 amide bonds. The van der Waals surface area contributed by atoms with Gasteiger partial charge in [0.1, 0.15) is 0 Å². The number of aryl methyl sites for hydroxylation is 1. The molecule has 1 aromatic heterocycles. The van der Waals surface area contributed by atoms with E-state index in [-0.39, 0.29) is 0 Å². The summed E-state index contributed by atoms with van der Waals surface area (Å²) in [6.45, 7) is 6.07. The zero-order chi connectivity index (χ0) is 7.11. The van der Waals surface area contributed by atoms with Gasteiger partial charge in [0.15, 0.2) is 0 Å². The molecule has 9 heavy (non-hydrogen) atoms. The van der Waals surface area contributed by atoms with Crippen molar-refractivity contribution in [2.75, 3.05) is 0 Å². The van der Waals surface area contributed by atoms with Crippen LogP contribution in [0.4, 0.5) is 0 Å². The maximum Gasteiger partial charge on any atom is 0.0740 e. The summed E-state index contributed by atoms with van der Waals surface area (Å²) in [7, 11) is 0. The van der Waals surface area contributed by atoms with Gasteiger partial charge in [0.25, 0.3) is 0 Å². The summed E-state index contributed by atoms with van der Waals surface area (Å²) in [5, 5.41) is 0. The van der Waals surface area contributed by atoms with E-state index >= 15 is 0 Å². The van der Waals surface area contributed by atoms with Crippen LogP contribution in [0.15, 0.2) is 6.20 Å². The van der Waals surface area contributed by atoms with Gasteiger partial charge < -0.3 is 0 Å². The van der Waals surface area contributed by atoms with Crippen LogP contribution in [0.1, 0.15) is 26.5 Å². The molecule has 0 aliphatic heterocycles. The summed E-state index contributed by atoms with van der Waals surface area (Å²) in [4.78, 5) is 0. The minimum absolute atomic E-state index is 0.997. The average Bonchev–Trinajstić information content (AvgIpc) is 2.43. The maximum absolute atomic E-state index is 3.97. The highest BCUT2D eigenvalue weighted by atomic mass is 32.1. The van der Waals surface area contributed by atoms with Gasteiger partial charge in [0.2, 0.25) is 0 Å². The monoisotopic (exact) mass is 144 g/mol. The van der Waals surface area contributed by atoms with E-state index in [1.807, 2.05) is 13.8 Å². The molecule has 1 heterocycles. The van der Waals surface area contributed by atoms with Crippen LogP contribution in [0.3, 0.4) is 0 Å². The van der Waals surface area contributed by atoms with Crippen LogP contribution in [0.5, 0.6) is 0 Å². The molecule has 0 aliphatic carbocycles. The molecule has 0 bridgehead atoms. The lowest BCUT2D eigenvalue weighted by Crippen LogP contribution is -1.72. The summed E-state index contributed by atoms with van der Waals surface area (Å²) in [5.74, 6) is 0. The highest BCUT2D eigenvalue weighted by Crippen LogP contribution is 1.93. The van der Waals surface area contributed by atoms with Gasteiger partial charge in [0, 0.05) is 0 Å². The van der Waals surface area contributed by atoms with Crippen molar-refractivity contribution >= 4 is 11.7 Å². The first-order chi connectivity index (χ1) is 4.43. The van der Waals surface area contributed by atoms with Crippen LogP contribution in [0.2, 0.25) is 0 Å². The van der Waals surface area contributed by atoms with E-state index in [9.17, 15) is 0 Å². The molecule has 0 saturated carbocycles. The molecular weight excluding hydrogens is 132 g/mol. The van der Waals surface area contributed by atoms with Gasteiger partial charge in [-0.15, -0.1) is 0 Å². The average molecular weight is 144 g/mol. The summed E-state index contributed by atoms with van der Waals surface area (Å²) >= 11 is 1.26. The van der Waals surface area contributed by atoms with Crippen LogP contribution >= 0.6 is 11.7 Å². The molecule has 3 heteroatoms. The SMILES string of the molecule is CC.CCc1cnsn1. The molecule has 52 valence electrons. The number of aromatic nitrogens is 2. The highest BCUT2D eigenvalue weighted by Gasteiger charge is 1.86.